The second kappa shape index (κ2) is 7.66. The van der Waals surface area contributed by atoms with Crippen LogP contribution in [0.15, 0.2) is 0 Å². The van der Waals surface area contributed by atoms with Gasteiger partial charge >= 0.3 is 0 Å². The third kappa shape index (κ3) is 9.70. The van der Waals surface area contributed by atoms with Crippen LogP contribution in [0.5, 0.6) is 0 Å². The monoisotopic (exact) mass is 232 g/mol. The molecule has 0 aromatic rings. The Bertz CT molecular complexity index is 291. The summed E-state index contributed by atoms with van der Waals surface area (Å²) in [6, 6.07) is 2.03. The zero-order chi connectivity index (χ0) is 11.7. The summed E-state index contributed by atoms with van der Waals surface area (Å²) in [6.07, 6.45) is 2.67. The Kier molecular flexibility index (Phi) is 7.35. The van der Waals surface area contributed by atoms with Crippen LogP contribution in [-0.2, 0) is 10.0 Å². The van der Waals surface area contributed by atoms with Crippen molar-refractivity contribution in [1.82, 2.24) is 4.72 Å². The Morgan fingerprint density at radius 1 is 1.33 bits per heavy atom. The zero-order valence-electron chi connectivity index (χ0n) is 9.49. The molecule has 0 aromatic carbocycles. The van der Waals surface area contributed by atoms with Crippen molar-refractivity contribution in [2.45, 2.75) is 39.5 Å². The predicted octanol–water partition coefficient (Wildman–Crippen LogP) is 1.65. The maximum Gasteiger partial charge on any atom is 0.211 e. The van der Waals surface area contributed by atoms with Gasteiger partial charge in [-0.2, -0.15) is 5.26 Å². The SMILES string of the molecule is CC(C)CCS(=O)(=O)NCCCCC#N. The van der Waals surface area contributed by atoms with Crippen molar-refractivity contribution in [3.8, 4) is 6.07 Å². The van der Waals surface area contributed by atoms with E-state index in [1.807, 2.05) is 19.9 Å². The van der Waals surface area contributed by atoms with Crippen molar-refractivity contribution in [3.05, 3.63) is 0 Å². The fraction of sp³-hybridized carbons (Fsp3) is 0.900. The van der Waals surface area contributed by atoms with Crippen LogP contribution in [-0.4, -0.2) is 20.7 Å². The lowest BCUT2D eigenvalue weighted by Crippen LogP contribution is -2.27. The number of nitrogens with one attached hydrogen (secondary N) is 1. The Hall–Kier alpha value is -0.600. The van der Waals surface area contributed by atoms with Gasteiger partial charge in [-0.1, -0.05) is 13.8 Å². The highest BCUT2D eigenvalue weighted by molar-refractivity contribution is 7.89. The lowest BCUT2D eigenvalue weighted by atomic mass is 10.2. The molecule has 0 unspecified atom stereocenters. The number of unbranched alkanes of at least 4 members (excludes halogenated alkanes) is 2. The first kappa shape index (κ1) is 14.4. The van der Waals surface area contributed by atoms with Crippen molar-refractivity contribution in [2.75, 3.05) is 12.3 Å². The van der Waals surface area contributed by atoms with Gasteiger partial charge in [-0.05, 0) is 25.2 Å². The minimum Gasteiger partial charge on any atom is -0.215 e. The molecule has 0 atom stereocenters. The Morgan fingerprint density at radius 3 is 2.53 bits per heavy atom. The standard InChI is InChI=1S/C10H20N2O2S/c1-10(2)6-9-15(13,14)12-8-5-3-4-7-11/h10,12H,3-6,8-9H2,1-2H3. The van der Waals surface area contributed by atoms with Gasteiger partial charge < -0.3 is 0 Å². The van der Waals surface area contributed by atoms with Gasteiger partial charge in [0.2, 0.25) is 10.0 Å². The van der Waals surface area contributed by atoms with Gasteiger partial charge in [-0.3, -0.25) is 0 Å². The van der Waals surface area contributed by atoms with Crippen molar-refractivity contribution < 1.29 is 8.42 Å². The van der Waals surface area contributed by atoms with Gasteiger partial charge in [0.1, 0.15) is 0 Å². The molecule has 0 aliphatic carbocycles. The van der Waals surface area contributed by atoms with Crippen LogP contribution in [0.4, 0.5) is 0 Å². The normalized spacial score (nSPS) is 11.6. The highest BCUT2D eigenvalue weighted by atomic mass is 32.2. The molecule has 4 nitrogen and oxygen atoms in total. The van der Waals surface area contributed by atoms with Crippen LogP contribution in [0.2, 0.25) is 0 Å². The third-order valence-corrected chi connectivity index (χ3v) is 3.42. The molecule has 0 heterocycles. The molecule has 0 saturated heterocycles. The minimum atomic E-state index is -3.10. The smallest absolute Gasteiger partial charge is 0.211 e. The molecule has 5 heteroatoms. The molecule has 88 valence electrons. The first-order valence-electron chi connectivity index (χ1n) is 5.32. The van der Waals surface area contributed by atoms with Crippen LogP contribution in [0, 0.1) is 17.2 Å². The molecule has 1 N–H and O–H groups in total. The highest BCUT2D eigenvalue weighted by Crippen LogP contribution is 2.02. The Labute approximate surface area is 92.7 Å². The second-order valence-electron chi connectivity index (χ2n) is 4.01. The number of hydrogen-bond donors (Lipinski definition) is 1. The predicted molar refractivity (Wildman–Crippen MR) is 60.7 cm³/mol. The Balaban J connectivity index is 3.62. The summed E-state index contributed by atoms with van der Waals surface area (Å²) in [4.78, 5) is 0. The van der Waals surface area contributed by atoms with E-state index in [0.717, 1.165) is 12.8 Å². The Morgan fingerprint density at radius 2 is 2.00 bits per heavy atom. The third-order valence-electron chi connectivity index (χ3n) is 2.00. The highest BCUT2D eigenvalue weighted by Gasteiger charge is 2.09. The van der Waals surface area contributed by atoms with E-state index in [1.165, 1.54) is 0 Å². The largest absolute Gasteiger partial charge is 0.215 e. The minimum absolute atomic E-state index is 0.197. The summed E-state index contributed by atoms with van der Waals surface area (Å²) in [5.41, 5.74) is 0. The molecule has 15 heavy (non-hydrogen) atoms. The summed E-state index contributed by atoms with van der Waals surface area (Å²) in [5.74, 6) is 0.600. The van der Waals surface area contributed by atoms with Crippen molar-refractivity contribution in [2.24, 2.45) is 5.92 Å². The van der Waals surface area contributed by atoms with Crippen LogP contribution < -0.4 is 4.72 Å². The number of sulfonamides is 1. The molecule has 0 radical (unpaired) electrons. The first-order chi connectivity index (χ1) is 6.98. The molecule has 0 aliphatic heterocycles. The van der Waals surface area contributed by atoms with E-state index < -0.39 is 10.0 Å². The maximum atomic E-state index is 11.4. The van der Waals surface area contributed by atoms with Gasteiger partial charge in [0, 0.05) is 13.0 Å². The fourth-order valence-corrected chi connectivity index (χ4v) is 2.40. The van der Waals surface area contributed by atoms with Gasteiger partial charge in [-0.25, -0.2) is 13.1 Å². The number of hydrogen-bond acceptors (Lipinski definition) is 3. The molecule has 0 aromatic heterocycles. The van der Waals surface area contributed by atoms with E-state index in [4.69, 9.17) is 5.26 Å². The van der Waals surface area contributed by atoms with E-state index >= 15 is 0 Å². The summed E-state index contributed by atoms with van der Waals surface area (Å²) < 4.78 is 25.3. The van der Waals surface area contributed by atoms with Gasteiger partial charge in [0.25, 0.3) is 0 Å². The van der Waals surface area contributed by atoms with E-state index in [-0.39, 0.29) is 5.75 Å². The van der Waals surface area contributed by atoms with Crippen LogP contribution >= 0.6 is 0 Å². The molecule has 0 bridgehead atoms. The van der Waals surface area contributed by atoms with Crippen molar-refractivity contribution in [1.29, 1.82) is 5.26 Å². The summed E-state index contributed by atoms with van der Waals surface area (Å²) >= 11 is 0. The average Bonchev–Trinajstić information content (AvgIpc) is 2.15. The first-order valence-corrected chi connectivity index (χ1v) is 6.97. The van der Waals surface area contributed by atoms with E-state index in [9.17, 15) is 8.42 Å². The second-order valence-corrected chi connectivity index (χ2v) is 5.94. The van der Waals surface area contributed by atoms with E-state index in [1.54, 1.807) is 0 Å². The van der Waals surface area contributed by atoms with Gasteiger partial charge in [0.05, 0.1) is 11.8 Å². The molecule has 0 saturated carbocycles. The molecular formula is C10H20N2O2S. The van der Waals surface area contributed by atoms with Gasteiger partial charge in [0.15, 0.2) is 0 Å². The maximum absolute atomic E-state index is 11.4. The summed E-state index contributed by atoms with van der Waals surface area (Å²) in [7, 11) is -3.10. The van der Waals surface area contributed by atoms with E-state index in [0.29, 0.717) is 25.3 Å². The number of rotatable bonds is 8. The zero-order valence-corrected chi connectivity index (χ0v) is 10.3. The number of nitriles is 1. The molecule has 0 rings (SSSR count). The molecule has 0 spiro atoms. The van der Waals surface area contributed by atoms with Crippen LogP contribution in [0.1, 0.15) is 39.5 Å². The van der Waals surface area contributed by atoms with Crippen LogP contribution in [0.3, 0.4) is 0 Å². The lowest BCUT2D eigenvalue weighted by molar-refractivity contribution is 0.559. The van der Waals surface area contributed by atoms with Gasteiger partial charge in [-0.15, -0.1) is 0 Å². The fourth-order valence-electron chi connectivity index (χ4n) is 1.02. The quantitative estimate of drug-likeness (QED) is 0.647. The van der Waals surface area contributed by atoms with Crippen molar-refractivity contribution >= 4 is 10.0 Å². The molecule has 0 fully saturated rings. The lowest BCUT2D eigenvalue weighted by Gasteiger charge is -2.07. The summed E-state index contributed by atoms with van der Waals surface area (Å²) in [5, 5.41) is 8.28. The number of nitrogens with zero attached hydrogens (tertiary/aromatic N) is 1. The molecule has 0 aliphatic rings. The summed E-state index contributed by atoms with van der Waals surface area (Å²) in [6.45, 7) is 4.45. The van der Waals surface area contributed by atoms with Crippen molar-refractivity contribution in [3.63, 3.8) is 0 Å². The van der Waals surface area contributed by atoms with Crippen LogP contribution in [0.25, 0.3) is 0 Å². The topological polar surface area (TPSA) is 70.0 Å². The molecular weight excluding hydrogens is 212 g/mol. The van der Waals surface area contributed by atoms with E-state index in [2.05, 4.69) is 4.72 Å². The average molecular weight is 232 g/mol. The molecule has 0 amide bonds.